The quantitative estimate of drug-likeness (QED) is 0.897. The van der Waals surface area contributed by atoms with Crippen molar-refractivity contribution in [2.24, 2.45) is 0 Å². The summed E-state index contributed by atoms with van der Waals surface area (Å²) in [7, 11) is 1.43. The van der Waals surface area contributed by atoms with Crippen molar-refractivity contribution in [3.8, 4) is 17.0 Å². The summed E-state index contributed by atoms with van der Waals surface area (Å²) in [5.41, 5.74) is 1.33. The molecule has 0 radical (unpaired) electrons. The van der Waals surface area contributed by atoms with Crippen molar-refractivity contribution >= 4 is 0 Å². The monoisotopic (exact) mass is 262 g/mol. The Kier molecular flexibility index (Phi) is 4.41. The molecular weight excluding hydrogens is 247 g/mol. The van der Waals surface area contributed by atoms with Crippen LogP contribution in [0.5, 0.6) is 5.75 Å². The SMILES string of the molecule is COc1ccc(-c2ccnc(CCCO)n2)cc1F. The molecule has 1 aromatic carbocycles. The topological polar surface area (TPSA) is 55.2 Å². The molecule has 4 nitrogen and oxygen atoms in total. The second-order valence-corrected chi connectivity index (χ2v) is 4.03. The van der Waals surface area contributed by atoms with E-state index < -0.39 is 5.82 Å². The Morgan fingerprint density at radius 2 is 2.16 bits per heavy atom. The van der Waals surface area contributed by atoms with Crippen LogP contribution in [-0.4, -0.2) is 28.8 Å². The zero-order chi connectivity index (χ0) is 13.7. The maximum Gasteiger partial charge on any atom is 0.165 e. The van der Waals surface area contributed by atoms with Gasteiger partial charge in [-0.3, -0.25) is 0 Å². The van der Waals surface area contributed by atoms with Gasteiger partial charge < -0.3 is 9.84 Å². The third-order valence-corrected chi connectivity index (χ3v) is 2.71. The average molecular weight is 262 g/mol. The van der Waals surface area contributed by atoms with Gasteiger partial charge in [0.25, 0.3) is 0 Å². The van der Waals surface area contributed by atoms with Gasteiger partial charge in [0.15, 0.2) is 11.6 Å². The molecule has 100 valence electrons. The van der Waals surface area contributed by atoms with Crippen molar-refractivity contribution in [2.75, 3.05) is 13.7 Å². The lowest BCUT2D eigenvalue weighted by molar-refractivity contribution is 0.287. The number of aryl methyl sites for hydroxylation is 1. The number of methoxy groups -OCH3 is 1. The summed E-state index contributed by atoms with van der Waals surface area (Å²) in [6, 6.07) is 6.43. The summed E-state index contributed by atoms with van der Waals surface area (Å²) in [5.74, 6) is 0.427. The highest BCUT2D eigenvalue weighted by molar-refractivity contribution is 5.60. The van der Waals surface area contributed by atoms with E-state index in [0.717, 1.165) is 0 Å². The minimum atomic E-state index is -0.421. The summed E-state index contributed by atoms with van der Waals surface area (Å²) >= 11 is 0. The molecule has 0 saturated carbocycles. The molecule has 0 fully saturated rings. The molecule has 2 rings (SSSR count). The molecule has 0 amide bonds. The second-order valence-electron chi connectivity index (χ2n) is 4.03. The fraction of sp³-hybridized carbons (Fsp3) is 0.286. The van der Waals surface area contributed by atoms with Crippen LogP contribution in [0.2, 0.25) is 0 Å². The van der Waals surface area contributed by atoms with Crippen LogP contribution >= 0.6 is 0 Å². The van der Waals surface area contributed by atoms with Gasteiger partial charge in [0.2, 0.25) is 0 Å². The van der Waals surface area contributed by atoms with Gasteiger partial charge >= 0.3 is 0 Å². The molecular formula is C14H15FN2O2. The first-order valence-corrected chi connectivity index (χ1v) is 6.01. The Labute approximate surface area is 110 Å². The summed E-state index contributed by atoms with van der Waals surface area (Å²) in [4.78, 5) is 8.47. The molecule has 0 aliphatic rings. The van der Waals surface area contributed by atoms with Gasteiger partial charge in [0.05, 0.1) is 12.8 Å². The number of hydrogen-bond donors (Lipinski definition) is 1. The van der Waals surface area contributed by atoms with Crippen molar-refractivity contribution in [3.05, 3.63) is 42.1 Å². The third-order valence-electron chi connectivity index (χ3n) is 2.71. The standard InChI is InChI=1S/C14H15FN2O2/c1-19-13-5-4-10(9-11(13)15)12-6-7-16-14(17-12)3-2-8-18/h4-7,9,18H,2-3,8H2,1H3. The van der Waals surface area contributed by atoms with E-state index in [1.807, 2.05) is 0 Å². The van der Waals surface area contributed by atoms with Crippen molar-refractivity contribution in [2.45, 2.75) is 12.8 Å². The minimum absolute atomic E-state index is 0.102. The van der Waals surface area contributed by atoms with Gasteiger partial charge in [-0.1, -0.05) is 0 Å². The Balaban J connectivity index is 2.28. The molecule has 0 spiro atoms. The zero-order valence-corrected chi connectivity index (χ0v) is 10.6. The largest absolute Gasteiger partial charge is 0.494 e. The number of aliphatic hydroxyl groups excluding tert-OH is 1. The van der Waals surface area contributed by atoms with E-state index in [-0.39, 0.29) is 12.4 Å². The maximum atomic E-state index is 13.6. The van der Waals surface area contributed by atoms with E-state index in [9.17, 15) is 4.39 Å². The molecule has 1 N–H and O–H groups in total. The lowest BCUT2D eigenvalue weighted by Crippen LogP contribution is -1.98. The van der Waals surface area contributed by atoms with Gasteiger partial charge in [-0.2, -0.15) is 0 Å². The molecule has 0 unspecified atom stereocenters. The minimum Gasteiger partial charge on any atom is -0.494 e. The Morgan fingerprint density at radius 1 is 1.32 bits per heavy atom. The highest BCUT2D eigenvalue weighted by atomic mass is 19.1. The van der Waals surface area contributed by atoms with Crippen LogP contribution in [-0.2, 0) is 6.42 Å². The third kappa shape index (κ3) is 3.26. The zero-order valence-electron chi connectivity index (χ0n) is 10.6. The second kappa shape index (κ2) is 6.24. The first kappa shape index (κ1) is 13.4. The van der Waals surface area contributed by atoms with E-state index >= 15 is 0 Å². The van der Waals surface area contributed by atoms with Crippen LogP contribution in [0.25, 0.3) is 11.3 Å². The Hall–Kier alpha value is -2.01. The van der Waals surface area contributed by atoms with Crippen molar-refractivity contribution in [1.82, 2.24) is 9.97 Å². The normalized spacial score (nSPS) is 10.5. The number of aliphatic hydroxyl groups is 1. The van der Waals surface area contributed by atoms with Gasteiger partial charge in [0, 0.05) is 24.8 Å². The molecule has 5 heteroatoms. The van der Waals surface area contributed by atoms with Gasteiger partial charge in [0.1, 0.15) is 5.82 Å². The fourth-order valence-corrected chi connectivity index (χ4v) is 1.74. The number of ether oxygens (including phenoxy) is 1. The Morgan fingerprint density at radius 3 is 2.84 bits per heavy atom. The van der Waals surface area contributed by atoms with Crippen LogP contribution in [0.4, 0.5) is 4.39 Å². The van der Waals surface area contributed by atoms with Crippen molar-refractivity contribution in [3.63, 3.8) is 0 Å². The summed E-state index contributed by atoms with van der Waals surface area (Å²) in [5, 5.41) is 8.79. The predicted molar refractivity (Wildman–Crippen MR) is 69.4 cm³/mol. The molecule has 0 atom stereocenters. The van der Waals surface area contributed by atoms with Crippen molar-refractivity contribution < 1.29 is 14.2 Å². The fourth-order valence-electron chi connectivity index (χ4n) is 1.74. The van der Waals surface area contributed by atoms with E-state index in [4.69, 9.17) is 9.84 Å². The van der Waals surface area contributed by atoms with E-state index in [0.29, 0.717) is 29.9 Å². The van der Waals surface area contributed by atoms with Crippen LogP contribution in [0.3, 0.4) is 0 Å². The lowest BCUT2D eigenvalue weighted by Gasteiger charge is -2.06. The number of hydrogen-bond acceptors (Lipinski definition) is 4. The Bertz CT molecular complexity index is 561. The lowest BCUT2D eigenvalue weighted by atomic mass is 10.1. The molecule has 0 saturated heterocycles. The van der Waals surface area contributed by atoms with Crippen LogP contribution in [0, 0.1) is 5.82 Å². The summed E-state index contributed by atoms with van der Waals surface area (Å²) < 4.78 is 18.5. The van der Waals surface area contributed by atoms with Gasteiger partial charge in [-0.15, -0.1) is 0 Å². The molecule has 0 aliphatic heterocycles. The van der Waals surface area contributed by atoms with Crippen LogP contribution in [0.1, 0.15) is 12.2 Å². The molecule has 2 aromatic rings. The van der Waals surface area contributed by atoms with E-state index in [2.05, 4.69) is 9.97 Å². The number of nitrogens with zero attached hydrogens (tertiary/aromatic N) is 2. The number of halogens is 1. The van der Waals surface area contributed by atoms with Gasteiger partial charge in [-0.25, -0.2) is 14.4 Å². The number of rotatable bonds is 5. The van der Waals surface area contributed by atoms with Crippen LogP contribution in [0.15, 0.2) is 30.5 Å². The molecule has 1 aromatic heterocycles. The number of aromatic nitrogens is 2. The molecule has 0 aliphatic carbocycles. The molecule has 19 heavy (non-hydrogen) atoms. The smallest absolute Gasteiger partial charge is 0.165 e. The van der Waals surface area contributed by atoms with Crippen molar-refractivity contribution in [1.29, 1.82) is 0 Å². The summed E-state index contributed by atoms with van der Waals surface area (Å²) in [6.07, 6.45) is 2.85. The summed E-state index contributed by atoms with van der Waals surface area (Å²) in [6.45, 7) is 0.102. The average Bonchev–Trinajstić information content (AvgIpc) is 2.45. The highest BCUT2D eigenvalue weighted by Gasteiger charge is 2.07. The number of benzene rings is 1. The molecule has 0 bridgehead atoms. The maximum absolute atomic E-state index is 13.6. The molecule has 1 heterocycles. The van der Waals surface area contributed by atoms with Gasteiger partial charge in [-0.05, 0) is 30.7 Å². The predicted octanol–water partition coefficient (Wildman–Crippen LogP) is 2.22. The highest BCUT2D eigenvalue weighted by Crippen LogP contribution is 2.24. The van der Waals surface area contributed by atoms with Crippen LogP contribution < -0.4 is 4.74 Å². The van der Waals surface area contributed by atoms with E-state index in [1.165, 1.54) is 13.2 Å². The van der Waals surface area contributed by atoms with E-state index in [1.54, 1.807) is 24.4 Å². The first-order chi connectivity index (χ1) is 9.24. The first-order valence-electron chi connectivity index (χ1n) is 6.01.